The lowest BCUT2D eigenvalue weighted by Crippen LogP contribution is -2.34. The molecule has 1 aliphatic rings. The van der Waals surface area contributed by atoms with Crippen LogP contribution in [0, 0.1) is 0 Å². The Morgan fingerprint density at radius 2 is 2.33 bits per heavy atom. The van der Waals surface area contributed by atoms with E-state index in [9.17, 15) is 0 Å². The first kappa shape index (κ1) is 12.0. The maximum Gasteiger partial charge on any atom is 0.188 e. The van der Waals surface area contributed by atoms with Gasteiger partial charge in [-0.15, -0.1) is 24.0 Å². The number of aliphatic imine (C=N–C) groups is 1. The van der Waals surface area contributed by atoms with Gasteiger partial charge in [0.15, 0.2) is 5.96 Å². The molecule has 0 amide bonds. The van der Waals surface area contributed by atoms with Crippen LogP contribution in [-0.4, -0.2) is 29.8 Å². The Morgan fingerprint density at radius 1 is 1.75 bits per heavy atom. The molecule has 1 aliphatic carbocycles. The molecule has 0 heterocycles. The first-order chi connectivity index (χ1) is 5.18. The summed E-state index contributed by atoms with van der Waals surface area (Å²) in [5, 5.41) is 11.9. The molecule has 0 bridgehead atoms. The zero-order valence-corrected chi connectivity index (χ0v) is 9.49. The summed E-state index contributed by atoms with van der Waals surface area (Å²) in [7, 11) is 0. The zero-order valence-electron chi connectivity index (χ0n) is 7.16. The highest BCUT2D eigenvalue weighted by molar-refractivity contribution is 14.0. The van der Waals surface area contributed by atoms with Crippen molar-refractivity contribution in [1.29, 1.82) is 0 Å². The highest BCUT2D eigenvalue weighted by atomic mass is 127. The van der Waals surface area contributed by atoms with Gasteiger partial charge in [0.1, 0.15) is 0 Å². The van der Waals surface area contributed by atoms with E-state index in [1.54, 1.807) is 6.92 Å². The Bertz CT molecular complexity index is 157. The Balaban J connectivity index is 0.00000121. The lowest BCUT2D eigenvalue weighted by atomic mass is 10.4. The van der Waals surface area contributed by atoms with Crippen LogP contribution < -0.4 is 11.1 Å². The monoisotopic (exact) mass is 285 g/mol. The Morgan fingerprint density at radius 3 is 2.75 bits per heavy atom. The van der Waals surface area contributed by atoms with Crippen molar-refractivity contribution >= 4 is 29.9 Å². The number of guanidine groups is 1. The van der Waals surface area contributed by atoms with Crippen LogP contribution in [0.4, 0.5) is 0 Å². The molecule has 0 radical (unpaired) electrons. The lowest BCUT2D eigenvalue weighted by Gasteiger charge is -2.03. The second-order valence-corrected chi connectivity index (χ2v) is 2.99. The molecule has 1 atom stereocenters. The molecule has 0 aromatic heterocycles. The van der Waals surface area contributed by atoms with Crippen molar-refractivity contribution in [3.63, 3.8) is 0 Å². The topological polar surface area (TPSA) is 70.6 Å². The second-order valence-electron chi connectivity index (χ2n) is 2.99. The number of nitrogens with zero attached hydrogens (tertiary/aromatic N) is 1. The van der Waals surface area contributed by atoms with Gasteiger partial charge in [-0.2, -0.15) is 0 Å². The maximum absolute atomic E-state index is 8.86. The standard InChI is InChI=1S/C7H15N3O.HI/c1-5(11)4-9-7(8)10-6-2-3-6;/h5-6,11H,2-4H2,1H3,(H3,8,9,10);1H/t5-;/m1./s1. The summed E-state index contributed by atoms with van der Waals surface area (Å²) in [4.78, 5) is 3.94. The maximum atomic E-state index is 8.86. The fourth-order valence-electron chi connectivity index (χ4n) is 0.713. The van der Waals surface area contributed by atoms with Crippen LogP contribution in [0.1, 0.15) is 19.8 Å². The molecule has 12 heavy (non-hydrogen) atoms. The molecule has 5 heteroatoms. The third-order valence-corrected chi connectivity index (χ3v) is 1.46. The number of nitrogens with two attached hydrogens (primary N) is 1. The van der Waals surface area contributed by atoms with Crippen LogP contribution in [-0.2, 0) is 0 Å². The second kappa shape index (κ2) is 5.58. The van der Waals surface area contributed by atoms with Crippen LogP contribution in [0.2, 0.25) is 0 Å². The summed E-state index contributed by atoms with van der Waals surface area (Å²) in [6, 6.07) is 0.535. The quantitative estimate of drug-likeness (QED) is 0.390. The molecule has 4 N–H and O–H groups in total. The van der Waals surface area contributed by atoms with E-state index in [0.717, 1.165) is 0 Å². The van der Waals surface area contributed by atoms with Gasteiger partial charge in [-0.3, -0.25) is 4.99 Å². The summed E-state index contributed by atoms with van der Waals surface area (Å²) in [6.07, 6.45) is 1.96. The van der Waals surface area contributed by atoms with Crippen LogP contribution in [0.25, 0.3) is 0 Å². The van der Waals surface area contributed by atoms with E-state index < -0.39 is 6.10 Å². The predicted molar refractivity (Wildman–Crippen MR) is 59.7 cm³/mol. The molecule has 0 aromatic rings. The largest absolute Gasteiger partial charge is 0.391 e. The van der Waals surface area contributed by atoms with Crippen LogP contribution in [0.5, 0.6) is 0 Å². The van der Waals surface area contributed by atoms with Crippen molar-refractivity contribution in [3.8, 4) is 0 Å². The van der Waals surface area contributed by atoms with Gasteiger partial charge in [-0.25, -0.2) is 0 Å². The summed E-state index contributed by atoms with van der Waals surface area (Å²) in [5.74, 6) is 0.452. The number of hydrogen-bond acceptors (Lipinski definition) is 2. The van der Waals surface area contributed by atoms with Gasteiger partial charge >= 0.3 is 0 Å². The van der Waals surface area contributed by atoms with E-state index in [2.05, 4.69) is 10.3 Å². The van der Waals surface area contributed by atoms with Crippen molar-refractivity contribution in [2.45, 2.75) is 31.9 Å². The Kier molecular flexibility index (Phi) is 5.56. The lowest BCUT2D eigenvalue weighted by molar-refractivity contribution is 0.204. The van der Waals surface area contributed by atoms with Gasteiger partial charge in [0.2, 0.25) is 0 Å². The SMILES string of the molecule is C[C@@H](O)CN=C(N)NC1CC1.I. The van der Waals surface area contributed by atoms with E-state index >= 15 is 0 Å². The van der Waals surface area contributed by atoms with E-state index in [-0.39, 0.29) is 24.0 Å². The summed E-state index contributed by atoms with van der Waals surface area (Å²) < 4.78 is 0. The Labute approximate surface area is 89.6 Å². The normalized spacial score (nSPS) is 19.7. The first-order valence-corrected chi connectivity index (χ1v) is 3.93. The third kappa shape index (κ3) is 5.59. The molecule has 72 valence electrons. The number of nitrogens with one attached hydrogen (secondary N) is 1. The first-order valence-electron chi connectivity index (χ1n) is 3.93. The van der Waals surface area contributed by atoms with Gasteiger partial charge in [0.05, 0.1) is 12.6 Å². The van der Waals surface area contributed by atoms with Crippen LogP contribution in [0.3, 0.4) is 0 Å². The van der Waals surface area contributed by atoms with E-state index in [4.69, 9.17) is 10.8 Å². The molecule has 4 nitrogen and oxygen atoms in total. The Hall–Kier alpha value is -0.0400. The fraction of sp³-hybridized carbons (Fsp3) is 0.857. The van der Waals surface area contributed by atoms with Gasteiger partial charge in [0.25, 0.3) is 0 Å². The third-order valence-electron chi connectivity index (χ3n) is 1.46. The van der Waals surface area contributed by atoms with Gasteiger partial charge in [-0.1, -0.05) is 0 Å². The van der Waals surface area contributed by atoms with Crippen molar-refractivity contribution in [3.05, 3.63) is 0 Å². The summed E-state index contributed by atoms with van der Waals surface area (Å²) >= 11 is 0. The fourth-order valence-corrected chi connectivity index (χ4v) is 0.713. The van der Waals surface area contributed by atoms with E-state index in [1.165, 1.54) is 12.8 Å². The molecule has 0 spiro atoms. The molecular weight excluding hydrogens is 269 g/mol. The molecular formula is C7H16IN3O. The average molecular weight is 285 g/mol. The minimum atomic E-state index is -0.408. The zero-order chi connectivity index (χ0) is 8.27. The van der Waals surface area contributed by atoms with Gasteiger partial charge in [0, 0.05) is 6.04 Å². The minimum absolute atomic E-state index is 0. The molecule has 0 aliphatic heterocycles. The van der Waals surface area contributed by atoms with Crippen molar-refractivity contribution in [2.75, 3.05) is 6.54 Å². The number of aliphatic hydroxyl groups excluding tert-OH is 1. The van der Waals surface area contributed by atoms with E-state index in [0.29, 0.717) is 18.5 Å². The van der Waals surface area contributed by atoms with Gasteiger partial charge < -0.3 is 16.2 Å². The molecule has 1 rings (SSSR count). The van der Waals surface area contributed by atoms with Crippen molar-refractivity contribution < 1.29 is 5.11 Å². The van der Waals surface area contributed by atoms with Crippen LogP contribution >= 0.6 is 24.0 Å². The van der Waals surface area contributed by atoms with Gasteiger partial charge in [-0.05, 0) is 19.8 Å². The number of aliphatic hydroxyl groups is 1. The molecule has 1 saturated carbocycles. The molecule has 1 fully saturated rings. The number of hydrogen-bond donors (Lipinski definition) is 3. The minimum Gasteiger partial charge on any atom is -0.391 e. The highest BCUT2D eigenvalue weighted by Gasteiger charge is 2.21. The van der Waals surface area contributed by atoms with Crippen LogP contribution in [0.15, 0.2) is 4.99 Å². The average Bonchev–Trinajstić information content (AvgIpc) is 2.67. The summed E-state index contributed by atoms with van der Waals surface area (Å²) in [5.41, 5.74) is 5.49. The number of halogens is 1. The molecule has 0 saturated heterocycles. The molecule has 0 unspecified atom stereocenters. The number of rotatable bonds is 3. The molecule has 0 aromatic carbocycles. The smallest absolute Gasteiger partial charge is 0.188 e. The summed E-state index contributed by atoms with van der Waals surface area (Å²) in [6.45, 7) is 2.07. The highest BCUT2D eigenvalue weighted by Crippen LogP contribution is 2.17. The van der Waals surface area contributed by atoms with Crippen molar-refractivity contribution in [2.24, 2.45) is 10.7 Å². The van der Waals surface area contributed by atoms with Crippen molar-refractivity contribution in [1.82, 2.24) is 5.32 Å². The van der Waals surface area contributed by atoms with E-state index in [1.807, 2.05) is 0 Å². The predicted octanol–water partition coefficient (Wildman–Crippen LogP) is 0.0519.